The van der Waals surface area contributed by atoms with Crippen molar-refractivity contribution < 1.29 is 13.5 Å². The van der Waals surface area contributed by atoms with Crippen LogP contribution in [0.2, 0.25) is 0 Å². The molecular weight excluding hydrogens is 438 g/mol. The quantitative estimate of drug-likeness (QED) is 0.407. The predicted molar refractivity (Wildman–Crippen MR) is 126 cm³/mol. The van der Waals surface area contributed by atoms with Gasteiger partial charge in [-0.05, 0) is 49.4 Å². The van der Waals surface area contributed by atoms with Gasteiger partial charge in [0.05, 0.1) is 42.0 Å². The van der Waals surface area contributed by atoms with Crippen LogP contribution in [0.5, 0.6) is 5.75 Å². The molecule has 3 heterocycles. The fourth-order valence-corrected chi connectivity index (χ4v) is 4.54. The Bertz CT molecular complexity index is 1380. The zero-order valence-electron chi connectivity index (χ0n) is 18.8. The van der Waals surface area contributed by atoms with Crippen LogP contribution in [0.4, 0.5) is 20.4 Å². The van der Waals surface area contributed by atoms with E-state index in [1.165, 1.54) is 17.2 Å². The molecule has 3 aromatic heterocycles. The largest absolute Gasteiger partial charge is 0.497 e. The van der Waals surface area contributed by atoms with Crippen LogP contribution in [0.3, 0.4) is 0 Å². The zero-order chi connectivity index (χ0) is 23.8. The maximum absolute atomic E-state index is 14.7. The molecule has 0 unspecified atom stereocenters. The van der Waals surface area contributed by atoms with Crippen LogP contribution >= 0.6 is 0 Å². The van der Waals surface area contributed by atoms with Crippen molar-refractivity contribution in [2.24, 2.45) is 5.73 Å². The lowest BCUT2D eigenvalue weighted by Gasteiger charge is -2.27. The van der Waals surface area contributed by atoms with Crippen LogP contribution in [0.1, 0.15) is 31.2 Å². The summed E-state index contributed by atoms with van der Waals surface area (Å²) in [4.78, 5) is 8.70. The number of nitrogens with one attached hydrogen (secondary N) is 1. The summed E-state index contributed by atoms with van der Waals surface area (Å²) in [7, 11) is 1.35. The average molecular weight is 463 g/mol. The number of imidazole rings is 1. The number of nitrogens with zero attached hydrogens (tertiary/aromatic N) is 4. The fourth-order valence-electron chi connectivity index (χ4n) is 4.54. The number of ether oxygens (including phenoxy) is 1. The van der Waals surface area contributed by atoms with Gasteiger partial charge in [0, 0.05) is 24.4 Å². The summed E-state index contributed by atoms with van der Waals surface area (Å²) in [6.07, 6.45) is 8.98. The van der Waals surface area contributed by atoms with Gasteiger partial charge < -0.3 is 15.8 Å². The molecule has 0 fully saturated rings. The topological polar surface area (TPSA) is 90.4 Å². The van der Waals surface area contributed by atoms with Crippen molar-refractivity contribution >= 4 is 17.2 Å². The van der Waals surface area contributed by atoms with Crippen molar-refractivity contribution in [3.05, 3.63) is 77.8 Å². The Morgan fingerprint density at radius 1 is 1.15 bits per heavy atom. The Morgan fingerprint density at radius 3 is 2.68 bits per heavy atom. The number of nitrogens with two attached hydrogens (primary N) is 1. The molecular formula is C25H24F2N6O. The molecule has 0 bridgehead atoms. The first-order chi connectivity index (χ1) is 16.4. The van der Waals surface area contributed by atoms with E-state index < -0.39 is 11.6 Å². The van der Waals surface area contributed by atoms with E-state index in [1.54, 1.807) is 30.7 Å². The number of anilines is 2. The van der Waals surface area contributed by atoms with E-state index in [9.17, 15) is 8.78 Å². The summed E-state index contributed by atoms with van der Waals surface area (Å²) in [5.41, 5.74) is 9.92. The van der Waals surface area contributed by atoms with Gasteiger partial charge in [0.1, 0.15) is 17.4 Å². The molecule has 0 spiro atoms. The van der Waals surface area contributed by atoms with Gasteiger partial charge in [-0.1, -0.05) is 11.6 Å². The van der Waals surface area contributed by atoms with Crippen molar-refractivity contribution in [3.8, 4) is 17.0 Å². The number of halogens is 2. The summed E-state index contributed by atoms with van der Waals surface area (Å²) in [6.45, 7) is 2.09. The number of methoxy groups -OCH3 is 1. The van der Waals surface area contributed by atoms with Crippen molar-refractivity contribution in [1.29, 1.82) is 0 Å². The van der Waals surface area contributed by atoms with Crippen molar-refractivity contribution in [2.75, 3.05) is 12.4 Å². The van der Waals surface area contributed by atoms with Gasteiger partial charge in [-0.2, -0.15) is 9.61 Å². The summed E-state index contributed by atoms with van der Waals surface area (Å²) >= 11 is 0. The van der Waals surface area contributed by atoms with E-state index in [2.05, 4.69) is 33.4 Å². The highest BCUT2D eigenvalue weighted by Gasteiger charge is 2.23. The summed E-state index contributed by atoms with van der Waals surface area (Å²) < 4.78 is 35.8. The van der Waals surface area contributed by atoms with Gasteiger partial charge in [-0.3, -0.25) is 4.98 Å². The number of rotatable bonds is 5. The van der Waals surface area contributed by atoms with Gasteiger partial charge in [0.15, 0.2) is 0 Å². The SMILES string of the molecule is COc1cc(F)c(-c2ccc3cnc(Nc4cnccc4[C@@H]4CC(C)=C[C@H](N)C4)n3n2)c(F)c1. The molecule has 0 saturated carbocycles. The van der Waals surface area contributed by atoms with E-state index in [0.29, 0.717) is 11.5 Å². The molecule has 174 valence electrons. The number of aromatic nitrogens is 4. The van der Waals surface area contributed by atoms with Crippen LogP contribution < -0.4 is 15.8 Å². The van der Waals surface area contributed by atoms with E-state index in [0.717, 1.165) is 36.2 Å². The molecule has 2 atom stereocenters. The van der Waals surface area contributed by atoms with Crippen molar-refractivity contribution in [1.82, 2.24) is 19.6 Å². The summed E-state index contributed by atoms with van der Waals surface area (Å²) in [5.74, 6) is -0.771. The molecule has 0 radical (unpaired) electrons. The van der Waals surface area contributed by atoms with Gasteiger partial charge in [-0.25, -0.2) is 13.8 Å². The molecule has 1 aliphatic rings. The standard InChI is InChI=1S/C25H24F2N6O/c1-14-7-15(9-16(28)8-14)19-5-6-29-13-23(19)31-25-30-12-17-3-4-22(32-33(17)25)24-20(26)10-18(34-2)11-21(24)27/h3-6,8,10-13,15-16H,7,9,28H2,1-2H3,(H,30,31)/t15-,16+/m1/s1. The van der Waals surface area contributed by atoms with Crippen LogP contribution in [-0.4, -0.2) is 32.7 Å². The minimum atomic E-state index is -0.759. The second-order valence-electron chi connectivity index (χ2n) is 8.50. The van der Waals surface area contributed by atoms with Gasteiger partial charge in [0.25, 0.3) is 0 Å². The molecule has 3 N–H and O–H groups in total. The predicted octanol–water partition coefficient (Wildman–Crippen LogP) is 4.97. The van der Waals surface area contributed by atoms with Crippen molar-refractivity contribution in [3.63, 3.8) is 0 Å². The van der Waals surface area contributed by atoms with E-state index in [-0.39, 0.29) is 29.0 Å². The van der Waals surface area contributed by atoms with E-state index >= 15 is 0 Å². The molecule has 1 aliphatic carbocycles. The third kappa shape index (κ3) is 4.10. The Labute approximate surface area is 195 Å². The molecule has 1 aromatic carbocycles. The van der Waals surface area contributed by atoms with Crippen molar-refractivity contribution in [2.45, 2.75) is 31.7 Å². The van der Waals surface area contributed by atoms with Crippen LogP contribution in [0, 0.1) is 11.6 Å². The van der Waals surface area contributed by atoms with Gasteiger partial charge in [-0.15, -0.1) is 0 Å². The lowest BCUT2D eigenvalue weighted by molar-refractivity contribution is 0.407. The molecule has 0 amide bonds. The maximum Gasteiger partial charge on any atom is 0.229 e. The molecule has 9 heteroatoms. The fraction of sp³-hybridized carbons (Fsp3) is 0.240. The molecule has 0 aliphatic heterocycles. The van der Waals surface area contributed by atoms with Crippen LogP contribution in [0.25, 0.3) is 16.8 Å². The third-order valence-electron chi connectivity index (χ3n) is 6.06. The summed E-state index contributed by atoms with van der Waals surface area (Å²) in [6, 6.07) is 7.51. The number of pyridine rings is 1. The number of hydrogen-bond donors (Lipinski definition) is 2. The highest BCUT2D eigenvalue weighted by molar-refractivity contribution is 5.66. The van der Waals surface area contributed by atoms with E-state index in [4.69, 9.17) is 10.5 Å². The lowest BCUT2D eigenvalue weighted by Crippen LogP contribution is -2.25. The average Bonchev–Trinajstić information content (AvgIpc) is 3.20. The molecule has 7 nitrogen and oxygen atoms in total. The number of benzene rings is 1. The number of hydrogen-bond acceptors (Lipinski definition) is 6. The normalized spacial score (nSPS) is 18.1. The van der Waals surface area contributed by atoms with Gasteiger partial charge >= 0.3 is 0 Å². The number of fused-ring (bicyclic) bond motifs is 1. The van der Waals surface area contributed by atoms with E-state index in [1.807, 2.05) is 6.07 Å². The Morgan fingerprint density at radius 2 is 1.94 bits per heavy atom. The Balaban J connectivity index is 1.52. The molecule has 4 aromatic rings. The zero-order valence-corrected chi connectivity index (χ0v) is 18.8. The molecule has 34 heavy (non-hydrogen) atoms. The molecule has 5 rings (SSSR count). The molecule has 0 saturated heterocycles. The third-order valence-corrected chi connectivity index (χ3v) is 6.06. The lowest BCUT2D eigenvalue weighted by atomic mass is 9.82. The Kier molecular flexibility index (Phi) is 5.70. The number of allylic oxidation sites excluding steroid dienone is 1. The second-order valence-corrected chi connectivity index (χ2v) is 8.50. The first-order valence-corrected chi connectivity index (χ1v) is 10.9. The monoisotopic (exact) mass is 462 g/mol. The van der Waals surface area contributed by atoms with Gasteiger partial charge in [0.2, 0.25) is 5.95 Å². The van der Waals surface area contributed by atoms with Crippen LogP contribution in [0.15, 0.2) is 60.6 Å². The highest BCUT2D eigenvalue weighted by Crippen LogP contribution is 2.37. The first kappa shape index (κ1) is 22.0. The highest BCUT2D eigenvalue weighted by atomic mass is 19.1. The second kappa shape index (κ2) is 8.83. The first-order valence-electron chi connectivity index (χ1n) is 10.9. The van der Waals surface area contributed by atoms with Crippen LogP contribution in [-0.2, 0) is 0 Å². The minimum absolute atomic E-state index is 0.00513. The minimum Gasteiger partial charge on any atom is -0.497 e. The Hall–Kier alpha value is -3.85. The smallest absolute Gasteiger partial charge is 0.229 e. The maximum atomic E-state index is 14.7. The summed E-state index contributed by atoms with van der Waals surface area (Å²) in [5, 5.41) is 7.77.